The maximum absolute atomic E-state index is 11.9. The fraction of sp³-hybridized carbons (Fsp3) is 0.143. The summed E-state index contributed by atoms with van der Waals surface area (Å²) in [6.07, 6.45) is -4.98. The number of halogens is 4. The molecule has 0 bridgehead atoms. The summed E-state index contributed by atoms with van der Waals surface area (Å²) in [5.74, 6) is -0.858. The molecule has 1 rings (SSSR count). The van der Waals surface area contributed by atoms with Gasteiger partial charge in [0.2, 0.25) is 0 Å². The van der Waals surface area contributed by atoms with Gasteiger partial charge in [0, 0.05) is 0 Å². The molecule has 0 fully saturated rings. The average Bonchev–Trinajstić information content (AvgIpc) is 2.07. The van der Waals surface area contributed by atoms with Crippen molar-refractivity contribution < 1.29 is 22.8 Å². The SMILES string of the molecule is Nc1cc(Cl)c([N+](=O)[O-])cc1OC(F)(F)F. The topological polar surface area (TPSA) is 78.4 Å². The van der Waals surface area contributed by atoms with Gasteiger partial charge in [0.25, 0.3) is 5.69 Å². The second-order valence-electron chi connectivity index (χ2n) is 2.65. The number of alkyl halides is 3. The zero-order chi connectivity index (χ0) is 12.5. The Morgan fingerprint density at radius 1 is 1.44 bits per heavy atom. The van der Waals surface area contributed by atoms with Gasteiger partial charge in [-0.25, -0.2) is 0 Å². The zero-order valence-corrected chi connectivity index (χ0v) is 8.17. The molecule has 0 radical (unpaired) electrons. The largest absolute Gasteiger partial charge is 0.573 e. The molecule has 0 spiro atoms. The van der Waals surface area contributed by atoms with Gasteiger partial charge in [-0.15, -0.1) is 13.2 Å². The number of hydrogen-bond donors (Lipinski definition) is 1. The van der Waals surface area contributed by atoms with Crippen LogP contribution in [-0.2, 0) is 0 Å². The zero-order valence-electron chi connectivity index (χ0n) is 7.42. The lowest BCUT2D eigenvalue weighted by molar-refractivity contribution is -0.384. The minimum atomic E-state index is -4.98. The molecule has 16 heavy (non-hydrogen) atoms. The third-order valence-electron chi connectivity index (χ3n) is 1.50. The maximum Gasteiger partial charge on any atom is 0.573 e. The van der Waals surface area contributed by atoms with Crippen LogP contribution in [0.1, 0.15) is 0 Å². The number of anilines is 1. The van der Waals surface area contributed by atoms with Crippen LogP contribution in [-0.4, -0.2) is 11.3 Å². The van der Waals surface area contributed by atoms with E-state index in [1.54, 1.807) is 0 Å². The van der Waals surface area contributed by atoms with Crippen LogP contribution in [0.25, 0.3) is 0 Å². The van der Waals surface area contributed by atoms with Crippen molar-refractivity contribution >= 4 is 23.0 Å². The number of nitrogens with zero attached hydrogens (tertiary/aromatic N) is 1. The van der Waals surface area contributed by atoms with Crippen LogP contribution in [0, 0.1) is 10.1 Å². The number of nitro benzene ring substituents is 1. The molecule has 88 valence electrons. The summed E-state index contributed by atoms with van der Waals surface area (Å²) >= 11 is 5.41. The smallest absolute Gasteiger partial charge is 0.403 e. The molecule has 0 aromatic heterocycles. The normalized spacial score (nSPS) is 11.2. The molecule has 9 heteroatoms. The molecule has 5 nitrogen and oxygen atoms in total. The lowest BCUT2D eigenvalue weighted by Gasteiger charge is -2.11. The highest BCUT2D eigenvalue weighted by atomic mass is 35.5. The van der Waals surface area contributed by atoms with Crippen molar-refractivity contribution in [1.82, 2.24) is 0 Å². The summed E-state index contributed by atoms with van der Waals surface area (Å²) in [7, 11) is 0. The summed E-state index contributed by atoms with van der Waals surface area (Å²) in [6, 6.07) is 1.34. The maximum atomic E-state index is 11.9. The second kappa shape index (κ2) is 4.05. The van der Waals surface area contributed by atoms with Gasteiger partial charge in [-0.05, 0) is 6.07 Å². The van der Waals surface area contributed by atoms with Crippen LogP contribution in [0.2, 0.25) is 5.02 Å². The molecule has 0 atom stereocenters. The third kappa shape index (κ3) is 2.89. The summed E-state index contributed by atoms with van der Waals surface area (Å²) in [6.45, 7) is 0. The second-order valence-corrected chi connectivity index (χ2v) is 3.05. The molecule has 1 aromatic rings. The van der Waals surface area contributed by atoms with Crippen molar-refractivity contribution in [3.05, 3.63) is 27.3 Å². The summed E-state index contributed by atoms with van der Waals surface area (Å²) < 4.78 is 39.1. The van der Waals surface area contributed by atoms with Crippen LogP contribution in [0.4, 0.5) is 24.5 Å². The Morgan fingerprint density at radius 2 is 2.00 bits per heavy atom. The van der Waals surface area contributed by atoms with Gasteiger partial charge in [0.05, 0.1) is 16.7 Å². The first-order chi connectivity index (χ1) is 7.20. The van der Waals surface area contributed by atoms with Crippen molar-refractivity contribution in [2.45, 2.75) is 6.36 Å². The van der Waals surface area contributed by atoms with Gasteiger partial charge in [0.1, 0.15) is 5.02 Å². The van der Waals surface area contributed by atoms with Crippen LogP contribution in [0.15, 0.2) is 12.1 Å². The fourth-order valence-electron chi connectivity index (χ4n) is 0.911. The van der Waals surface area contributed by atoms with E-state index >= 15 is 0 Å². The van der Waals surface area contributed by atoms with Gasteiger partial charge < -0.3 is 10.5 Å². The lowest BCUT2D eigenvalue weighted by Crippen LogP contribution is -2.18. The van der Waals surface area contributed by atoms with E-state index in [0.717, 1.165) is 6.07 Å². The average molecular weight is 257 g/mol. The molecule has 0 unspecified atom stereocenters. The molecule has 1 aromatic carbocycles. The third-order valence-corrected chi connectivity index (χ3v) is 1.80. The number of benzene rings is 1. The molecule has 0 saturated heterocycles. The molecule has 0 amide bonds. The summed E-state index contributed by atoms with van der Waals surface area (Å²) in [4.78, 5) is 9.45. The number of nitrogens with two attached hydrogens (primary N) is 1. The van der Waals surface area contributed by atoms with Crippen LogP contribution < -0.4 is 10.5 Å². The molecule has 0 aliphatic carbocycles. The van der Waals surface area contributed by atoms with Crippen molar-refractivity contribution in [3.8, 4) is 5.75 Å². The highest BCUT2D eigenvalue weighted by Gasteiger charge is 2.33. The van der Waals surface area contributed by atoms with Crippen molar-refractivity contribution in [2.24, 2.45) is 0 Å². The number of ether oxygens (including phenoxy) is 1. The minimum absolute atomic E-state index is 0.364. The molecule has 0 saturated carbocycles. The highest BCUT2D eigenvalue weighted by Crippen LogP contribution is 2.36. The Morgan fingerprint density at radius 3 is 2.44 bits per heavy atom. The van der Waals surface area contributed by atoms with E-state index in [9.17, 15) is 23.3 Å². The molecule has 0 aliphatic rings. The van der Waals surface area contributed by atoms with Crippen molar-refractivity contribution in [1.29, 1.82) is 0 Å². The van der Waals surface area contributed by atoms with E-state index in [1.165, 1.54) is 0 Å². The predicted molar refractivity (Wildman–Crippen MR) is 49.2 cm³/mol. The monoisotopic (exact) mass is 256 g/mol. The molecule has 2 N–H and O–H groups in total. The highest BCUT2D eigenvalue weighted by molar-refractivity contribution is 6.33. The Balaban J connectivity index is 3.20. The van der Waals surface area contributed by atoms with E-state index in [2.05, 4.69) is 4.74 Å². The van der Waals surface area contributed by atoms with Gasteiger partial charge in [-0.2, -0.15) is 0 Å². The lowest BCUT2D eigenvalue weighted by atomic mass is 10.2. The summed E-state index contributed by atoms with van der Waals surface area (Å²) in [5, 5.41) is 10.0. The molecular formula is C7H4ClF3N2O3. The number of nitrogen functional groups attached to an aromatic ring is 1. The Bertz CT molecular complexity index is 436. The van der Waals surface area contributed by atoms with E-state index in [4.69, 9.17) is 17.3 Å². The first-order valence-corrected chi connectivity index (χ1v) is 4.07. The number of nitro groups is 1. The summed E-state index contributed by atoms with van der Waals surface area (Å²) in [5.41, 5.74) is 4.02. The van der Waals surface area contributed by atoms with E-state index < -0.39 is 28.4 Å². The fourth-order valence-corrected chi connectivity index (χ4v) is 1.15. The number of rotatable bonds is 2. The van der Waals surface area contributed by atoms with Crippen molar-refractivity contribution in [3.63, 3.8) is 0 Å². The van der Waals surface area contributed by atoms with Crippen molar-refractivity contribution in [2.75, 3.05) is 5.73 Å². The first kappa shape index (κ1) is 12.4. The standard InChI is InChI=1S/C7H4ClF3N2O3/c8-3-1-4(12)6(16-7(9,10)11)2-5(3)13(14)15/h1-2H,12H2. The van der Waals surface area contributed by atoms with E-state index in [1.807, 2.05) is 0 Å². The van der Waals surface area contributed by atoms with E-state index in [0.29, 0.717) is 6.07 Å². The number of hydrogen-bond acceptors (Lipinski definition) is 4. The quantitative estimate of drug-likeness (QED) is 0.501. The van der Waals surface area contributed by atoms with Crippen LogP contribution >= 0.6 is 11.6 Å². The first-order valence-electron chi connectivity index (χ1n) is 3.70. The van der Waals surface area contributed by atoms with Gasteiger partial charge in [-0.3, -0.25) is 10.1 Å². The molecular weight excluding hydrogens is 253 g/mol. The Kier molecular flexibility index (Phi) is 3.13. The Labute approximate surface area is 91.7 Å². The van der Waals surface area contributed by atoms with Gasteiger partial charge >= 0.3 is 6.36 Å². The van der Waals surface area contributed by atoms with Gasteiger partial charge in [-0.1, -0.05) is 11.6 Å². The van der Waals surface area contributed by atoms with Crippen LogP contribution in [0.5, 0.6) is 5.75 Å². The molecule has 0 heterocycles. The van der Waals surface area contributed by atoms with Gasteiger partial charge in [0.15, 0.2) is 5.75 Å². The predicted octanol–water partition coefficient (Wildman–Crippen LogP) is 2.73. The minimum Gasteiger partial charge on any atom is -0.403 e. The Hall–Kier alpha value is -1.70. The van der Waals surface area contributed by atoms with Crippen LogP contribution in [0.3, 0.4) is 0 Å². The molecule has 0 aliphatic heterocycles. The van der Waals surface area contributed by atoms with E-state index in [-0.39, 0.29) is 5.02 Å².